The molecule has 6 heteroatoms. The maximum Gasteiger partial charge on any atom is 0.322 e. The van der Waals surface area contributed by atoms with Crippen LogP contribution in [0.5, 0.6) is 11.8 Å². The van der Waals surface area contributed by atoms with Gasteiger partial charge in [-0.05, 0) is 17.7 Å². The molecule has 0 radical (unpaired) electrons. The van der Waals surface area contributed by atoms with Crippen LogP contribution in [-0.4, -0.2) is 21.0 Å². The van der Waals surface area contributed by atoms with Crippen LogP contribution >= 0.6 is 0 Å². The van der Waals surface area contributed by atoms with Gasteiger partial charge < -0.3 is 9.84 Å². The van der Waals surface area contributed by atoms with Crippen LogP contribution in [0.4, 0.5) is 4.39 Å². The van der Waals surface area contributed by atoms with E-state index < -0.39 is 11.8 Å². The van der Waals surface area contributed by atoms with E-state index in [4.69, 9.17) is 9.84 Å². The normalized spacial score (nSPS) is 10.1. The fraction of sp³-hybridized carbons (Fsp3) is 0.0833. The van der Waals surface area contributed by atoms with Crippen molar-refractivity contribution in [2.75, 3.05) is 0 Å². The van der Waals surface area contributed by atoms with Crippen molar-refractivity contribution < 1.29 is 19.0 Å². The van der Waals surface area contributed by atoms with Crippen LogP contribution in [0, 0.1) is 5.82 Å². The number of halogens is 1. The fourth-order valence-electron chi connectivity index (χ4n) is 1.35. The van der Waals surface area contributed by atoms with E-state index in [2.05, 4.69) is 9.97 Å². The predicted octanol–water partition coefficient (Wildman–Crippen LogP) is 2.04. The fourth-order valence-corrected chi connectivity index (χ4v) is 1.35. The third-order valence-electron chi connectivity index (χ3n) is 2.06. The smallest absolute Gasteiger partial charge is 0.322 e. The maximum atomic E-state index is 12.6. The second kappa shape index (κ2) is 5.22. The Morgan fingerprint density at radius 3 is 2.72 bits per heavy atom. The molecule has 0 atom stereocenters. The van der Waals surface area contributed by atoms with Crippen LogP contribution in [0.25, 0.3) is 0 Å². The zero-order valence-electron chi connectivity index (χ0n) is 9.21. The zero-order valence-corrected chi connectivity index (χ0v) is 9.21. The van der Waals surface area contributed by atoms with Crippen LogP contribution in [0.1, 0.15) is 5.56 Å². The number of rotatable bonds is 4. The third-order valence-corrected chi connectivity index (χ3v) is 2.06. The van der Waals surface area contributed by atoms with Crippen LogP contribution in [0.2, 0.25) is 0 Å². The van der Waals surface area contributed by atoms with Crippen molar-refractivity contribution in [3.8, 4) is 11.8 Å². The molecule has 1 aromatic heterocycles. The summed E-state index contributed by atoms with van der Waals surface area (Å²) in [6, 6.07) is 6.55. The number of carbonyl (C=O) groups is 1. The van der Waals surface area contributed by atoms with E-state index in [1.54, 1.807) is 24.3 Å². The van der Waals surface area contributed by atoms with Crippen molar-refractivity contribution in [2.45, 2.75) is 6.42 Å². The van der Waals surface area contributed by atoms with Gasteiger partial charge in [0.05, 0.1) is 18.8 Å². The molecule has 0 aliphatic heterocycles. The number of hydrogen-bond donors (Lipinski definition) is 1. The Labute approximate surface area is 102 Å². The van der Waals surface area contributed by atoms with Gasteiger partial charge in [0, 0.05) is 0 Å². The van der Waals surface area contributed by atoms with E-state index in [1.807, 2.05) is 0 Å². The molecule has 0 bridgehead atoms. The molecule has 92 valence electrons. The largest absolute Gasteiger partial charge is 0.481 e. The van der Waals surface area contributed by atoms with Crippen molar-refractivity contribution in [3.63, 3.8) is 0 Å². The monoisotopic (exact) mass is 248 g/mol. The molecule has 0 amide bonds. The zero-order chi connectivity index (χ0) is 13.0. The van der Waals surface area contributed by atoms with Crippen molar-refractivity contribution >= 4 is 5.97 Å². The molecule has 5 nitrogen and oxygen atoms in total. The van der Waals surface area contributed by atoms with Gasteiger partial charge in [0.1, 0.15) is 5.75 Å². The first-order valence-electron chi connectivity index (χ1n) is 5.09. The first-order valence-corrected chi connectivity index (χ1v) is 5.09. The summed E-state index contributed by atoms with van der Waals surface area (Å²) < 4.78 is 17.9. The molecule has 0 aliphatic carbocycles. The number of aliphatic carboxylic acids is 1. The van der Waals surface area contributed by atoms with Crippen molar-refractivity contribution in [1.82, 2.24) is 9.97 Å². The van der Waals surface area contributed by atoms with Crippen molar-refractivity contribution in [2.24, 2.45) is 0 Å². The standard InChI is InChI=1S/C12H9FN2O3/c13-9-6-14-12(15-7-9)18-10-3-1-2-8(4-10)5-11(16)17/h1-4,6-7H,5H2,(H,16,17). The van der Waals surface area contributed by atoms with Crippen molar-refractivity contribution in [1.29, 1.82) is 0 Å². The van der Waals surface area contributed by atoms with Gasteiger partial charge in [-0.2, -0.15) is 0 Å². The highest BCUT2D eigenvalue weighted by Crippen LogP contribution is 2.19. The summed E-state index contributed by atoms with van der Waals surface area (Å²) in [5.41, 5.74) is 0.599. The van der Waals surface area contributed by atoms with Crippen LogP contribution < -0.4 is 4.74 Å². The molecule has 0 aliphatic rings. The molecule has 1 N–H and O–H groups in total. The number of carboxylic acids is 1. The summed E-state index contributed by atoms with van der Waals surface area (Å²) in [6.45, 7) is 0. The minimum absolute atomic E-state index is 0.00359. The average Bonchev–Trinajstić information content (AvgIpc) is 2.32. The van der Waals surface area contributed by atoms with Gasteiger partial charge in [0.25, 0.3) is 0 Å². The molecule has 1 aromatic carbocycles. The lowest BCUT2D eigenvalue weighted by molar-refractivity contribution is -0.136. The summed E-state index contributed by atoms with van der Waals surface area (Å²) in [6.07, 6.45) is 1.88. The van der Waals surface area contributed by atoms with Gasteiger partial charge in [0.2, 0.25) is 0 Å². The van der Waals surface area contributed by atoms with Crippen LogP contribution in [0.3, 0.4) is 0 Å². The quantitative estimate of drug-likeness (QED) is 0.896. The second-order valence-electron chi connectivity index (χ2n) is 3.50. The lowest BCUT2D eigenvalue weighted by Gasteiger charge is -2.04. The molecule has 0 spiro atoms. The summed E-state index contributed by atoms with van der Waals surface area (Å²) in [7, 11) is 0. The molecule has 0 unspecified atom stereocenters. The SMILES string of the molecule is O=C(O)Cc1cccc(Oc2ncc(F)cn2)c1. The molecule has 0 saturated heterocycles. The highest BCUT2D eigenvalue weighted by Gasteiger charge is 2.04. The molecule has 0 fully saturated rings. The molecular weight excluding hydrogens is 239 g/mol. The summed E-state index contributed by atoms with van der Waals surface area (Å²) in [4.78, 5) is 17.8. The number of ether oxygens (including phenoxy) is 1. The third kappa shape index (κ3) is 3.24. The van der Waals surface area contributed by atoms with E-state index in [0.717, 1.165) is 12.4 Å². The number of benzene rings is 1. The summed E-state index contributed by atoms with van der Waals surface area (Å²) >= 11 is 0. The van der Waals surface area contributed by atoms with Gasteiger partial charge in [-0.3, -0.25) is 4.79 Å². The first kappa shape index (κ1) is 12.0. The minimum Gasteiger partial charge on any atom is -0.481 e. The van der Waals surface area contributed by atoms with Crippen molar-refractivity contribution in [3.05, 3.63) is 48.0 Å². The highest BCUT2D eigenvalue weighted by atomic mass is 19.1. The van der Waals surface area contributed by atoms with Crippen LogP contribution in [0.15, 0.2) is 36.7 Å². The van der Waals surface area contributed by atoms with E-state index >= 15 is 0 Å². The Kier molecular flexibility index (Phi) is 3.47. The summed E-state index contributed by atoms with van der Waals surface area (Å²) in [5, 5.41) is 8.67. The number of carboxylic acid groups (broad SMARTS) is 1. The van der Waals surface area contributed by atoms with E-state index in [0.29, 0.717) is 11.3 Å². The van der Waals surface area contributed by atoms with E-state index in [9.17, 15) is 9.18 Å². The average molecular weight is 248 g/mol. The van der Waals surface area contributed by atoms with Gasteiger partial charge in [-0.15, -0.1) is 0 Å². The molecule has 1 heterocycles. The highest BCUT2D eigenvalue weighted by molar-refractivity contribution is 5.70. The van der Waals surface area contributed by atoms with E-state index in [1.165, 1.54) is 0 Å². The topological polar surface area (TPSA) is 72.3 Å². The van der Waals surface area contributed by atoms with Gasteiger partial charge >= 0.3 is 12.0 Å². The molecular formula is C12H9FN2O3. The second-order valence-corrected chi connectivity index (χ2v) is 3.50. The molecule has 2 aromatic rings. The minimum atomic E-state index is -0.926. The molecule has 18 heavy (non-hydrogen) atoms. The van der Waals surface area contributed by atoms with Gasteiger partial charge in [-0.1, -0.05) is 12.1 Å². The Balaban J connectivity index is 2.13. The van der Waals surface area contributed by atoms with Gasteiger partial charge in [-0.25, -0.2) is 14.4 Å². The Morgan fingerprint density at radius 1 is 1.33 bits per heavy atom. The van der Waals surface area contributed by atoms with Gasteiger partial charge in [0.15, 0.2) is 5.82 Å². The molecule has 0 saturated carbocycles. The van der Waals surface area contributed by atoms with E-state index in [-0.39, 0.29) is 12.4 Å². The maximum absolute atomic E-state index is 12.6. The number of hydrogen-bond acceptors (Lipinski definition) is 4. The Morgan fingerprint density at radius 2 is 2.06 bits per heavy atom. The van der Waals surface area contributed by atoms with Crippen LogP contribution in [-0.2, 0) is 11.2 Å². The first-order chi connectivity index (χ1) is 8.63. The predicted molar refractivity (Wildman–Crippen MR) is 59.8 cm³/mol. The summed E-state index contributed by atoms with van der Waals surface area (Å²) in [5.74, 6) is -1.08. The number of nitrogens with zero attached hydrogens (tertiary/aromatic N) is 2. The Hall–Kier alpha value is -2.50. The lowest BCUT2D eigenvalue weighted by atomic mass is 10.1. The Bertz CT molecular complexity index is 558. The lowest BCUT2D eigenvalue weighted by Crippen LogP contribution is -2.00. The number of aromatic nitrogens is 2. The molecule has 2 rings (SSSR count).